The van der Waals surface area contributed by atoms with Crippen molar-refractivity contribution in [1.82, 2.24) is 0 Å². The Hall–Kier alpha value is -1.39. The first-order valence-corrected chi connectivity index (χ1v) is 5.90. The Balaban J connectivity index is 0.00000128. The third kappa shape index (κ3) is 2.08. The molecule has 0 unspecified atom stereocenters. The number of rotatable bonds is 1. The van der Waals surface area contributed by atoms with Crippen molar-refractivity contribution in [2.75, 3.05) is 0 Å². The summed E-state index contributed by atoms with van der Waals surface area (Å²) in [7, 11) is -4.16. The van der Waals surface area contributed by atoms with Crippen molar-refractivity contribution in [1.29, 1.82) is 0 Å². The second-order valence-electron chi connectivity index (χ2n) is 3.41. The van der Waals surface area contributed by atoms with Crippen LogP contribution in [0.2, 0.25) is 0 Å². The fraction of sp³-hybridized carbons (Fsp3) is 0.167. The average molecular weight is 238 g/mol. The number of hydrogen-bond acceptors (Lipinski definition) is 2. The van der Waals surface area contributed by atoms with Crippen LogP contribution in [-0.2, 0) is 10.1 Å². The fourth-order valence-corrected chi connectivity index (χ4v) is 2.63. The molecule has 86 valence electrons. The van der Waals surface area contributed by atoms with Crippen LogP contribution >= 0.6 is 0 Å². The predicted molar refractivity (Wildman–Crippen MR) is 65.2 cm³/mol. The molecule has 1 N–H and O–H groups in total. The quantitative estimate of drug-likeness (QED) is 0.777. The largest absolute Gasteiger partial charge is 0.295 e. The molecule has 0 aliphatic heterocycles. The maximum Gasteiger partial charge on any atom is 0.295 e. The average Bonchev–Trinajstić information content (AvgIpc) is 2.15. The van der Waals surface area contributed by atoms with E-state index in [-0.39, 0.29) is 12.3 Å². The van der Waals surface area contributed by atoms with Gasteiger partial charge in [0.25, 0.3) is 10.1 Å². The maximum absolute atomic E-state index is 11.2. The summed E-state index contributed by atoms with van der Waals surface area (Å²) in [5.74, 6) is 0. The summed E-state index contributed by atoms with van der Waals surface area (Å²) in [6.07, 6.45) is 0. The van der Waals surface area contributed by atoms with Gasteiger partial charge in [-0.05, 0) is 17.9 Å². The topological polar surface area (TPSA) is 54.4 Å². The van der Waals surface area contributed by atoms with Gasteiger partial charge < -0.3 is 0 Å². The van der Waals surface area contributed by atoms with Gasteiger partial charge in [-0.1, -0.05) is 43.8 Å². The molecule has 2 rings (SSSR count). The van der Waals surface area contributed by atoms with E-state index >= 15 is 0 Å². The van der Waals surface area contributed by atoms with E-state index < -0.39 is 10.1 Å². The minimum absolute atomic E-state index is 0. The molecule has 0 saturated carbocycles. The van der Waals surface area contributed by atoms with Gasteiger partial charge in [0.15, 0.2) is 0 Å². The van der Waals surface area contributed by atoms with Crippen molar-refractivity contribution in [2.24, 2.45) is 0 Å². The molecular weight excluding hydrogens is 224 g/mol. The second-order valence-corrected chi connectivity index (χ2v) is 4.77. The molecule has 2 aromatic carbocycles. The molecule has 0 saturated heterocycles. The van der Waals surface area contributed by atoms with Gasteiger partial charge in [-0.15, -0.1) is 0 Å². The van der Waals surface area contributed by atoms with Gasteiger partial charge in [-0.3, -0.25) is 4.55 Å². The van der Waals surface area contributed by atoms with Gasteiger partial charge in [0.1, 0.15) is 4.90 Å². The van der Waals surface area contributed by atoms with E-state index in [1.165, 1.54) is 0 Å². The molecule has 0 amide bonds. The Morgan fingerprint density at radius 2 is 1.69 bits per heavy atom. The maximum atomic E-state index is 11.2. The van der Waals surface area contributed by atoms with E-state index in [1.807, 2.05) is 18.2 Å². The minimum atomic E-state index is -4.16. The van der Waals surface area contributed by atoms with Gasteiger partial charge in [0.05, 0.1) is 0 Å². The smallest absolute Gasteiger partial charge is 0.282 e. The number of aryl methyl sites for hydroxylation is 1. The third-order valence-electron chi connectivity index (χ3n) is 2.33. The van der Waals surface area contributed by atoms with Crippen LogP contribution in [0.15, 0.2) is 41.3 Å². The van der Waals surface area contributed by atoms with Gasteiger partial charge in [-0.25, -0.2) is 0 Å². The molecule has 0 aliphatic carbocycles. The van der Waals surface area contributed by atoms with E-state index in [2.05, 4.69) is 0 Å². The molecule has 0 bridgehead atoms. The van der Waals surface area contributed by atoms with Crippen molar-refractivity contribution >= 4 is 20.9 Å². The fourth-order valence-electron chi connectivity index (χ4n) is 1.69. The van der Waals surface area contributed by atoms with Crippen LogP contribution in [0.3, 0.4) is 0 Å². The minimum Gasteiger partial charge on any atom is -0.282 e. The summed E-state index contributed by atoms with van der Waals surface area (Å²) in [4.78, 5) is 0.000556. The Kier molecular flexibility index (Phi) is 3.35. The zero-order chi connectivity index (χ0) is 11.1. The van der Waals surface area contributed by atoms with Crippen LogP contribution in [0.4, 0.5) is 0 Å². The van der Waals surface area contributed by atoms with Crippen LogP contribution in [0.5, 0.6) is 0 Å². The molecule has 0 heterocycles. The molecule has 0 fully saturated rings. The number of hydrogen-bond donors (Lipinski definition) is 1. The summed E-state index contributed by atoms with van der Waals surface area (Å²) < 4.78 is 31.6. The van der Waals surface area contributed by atoms with Crippen molar-refractivity contribution in [3.05, 3.63) is 42.0 Å². The normalized spacial score (nSPS) is 11.1. The van der Waals surface area contributed by atoms with Crippen LogP contribution in [0, 0.1) is 6.92 Å². The monoisotopic (exact) mass is 238 g/mol. The highest BCUT2D eigenvalue weighted by Gasteiger charge is 2.16. The van der Waals surface area contributed by atoms with Crippen molar-refractivity contribution in [2.45, 2.75) is 19.2 Å². The van der Waals surface area contributed by atoms with Gasteiger partial charge in [-0.2, -0.15) is 8.42 Å². The molecule has 0 radical (unpaired) electrons. The summed E-state index contributed by atoms with van der Waals surface area (Å²) in [5.41, 5.74) is 0.552. The molecule has 0 aromatic heterocycles. The first-order valence-electron chi connectivity index (χ1n) is 4.46. The summed E-state index contributed by atoms with van der Waals surface area (Å²) >= 11 is 0. The molecule has 3 nitrogen and oxygen atoms in total. The molecule has 0 atom stereocenters. The van der Waals surface area contributed by atoms with Gasteiger partial charge in [0.2, 0.25) is 0 Å². The lowest BCUT2D eigenvalue weighted by atomic mass is 10.1. The third-order valence-corrected chi connectivity index (χ3v) is 3.39. The van der Waals surface area contributed by atoms with E-state index in [9.17, 15) is 8.42 Å². The van der Waals surface area contributed by atoms with E-state index in [0.717, 1.165) is 5.39 Å². The molecule has 4 heteroatoms. The lowest BCUT2D eigenvalue weighted by Gasteiger charge is -2.06. The zero-order valence-electron chi connectivity index (χ0n) is 8.14. The van der Waals surface area contributed by atoms with Crippen molar-refractivity contribution in [3.8, 4) is 0 Å². The van der Waals surface area contributed by atoms with Crippen molar-refractivity contribution < 1.29 is 13.0 Å². The first kappa shape index (κ1) is 12.7. The summed E-state index contributed by atoms with van der Waals surface area (Å²) in [6, 6.07) is 10.6. The first-order chi connectivity index (χ1) is 7.00. The van der Waals surface area contributed by atoms with Gasteiger partial charge in [0, 0.05) is 5.39 Å². The molecule has 0 aliphatic rings. The van der Waals surface area contributed by atoms with Crippen LogP contribution in [0.25, 0.3) is 10.8 Å². The lowest BCUT2D eigenvalue weighted by molar-refractivity contribution is 0.483. The van der Waals surface area contributed by atoms with Gasteiger partial charge >= 0.3 is 0 Å². The zero-order valence-corrected chi connectivity index (χ0v) is 8.95. The van der Waals surface area contributed by atoms with Crippen LogP contribution in [-0.4, -0.2) is 13.0 Å². The summed E-state index contributed by atoms with van der Waals surface area (Å²) in [6.45, 7) is 1.66. The van der Waals surface area contributed by atoms with Crippen LogP contribution < -0.4 is 0 Å². The lowest BCUT2D eigenvalue weighted by Crippen LogP contribution is -2.01. The summed E-state index contributed by atoms with van der Waals surface area (Å²) in [5, 5.41) is 1.36. The van der Waals surface area contributed by atoms with E-state index in [4.69, 9.17) is 4.55 Å². The highest BCUT2D eigenvalue weighted by Crippen LogP contribution is 2.25. The highest BCUT2D eigenvalue weighted by molar-refractivity contribution is 7.86. The Bertz CT molecular complexity index is 615. The molecule has 16 heavy (non-hydrogen) atoms. The Morgan fingerprint density at radius 1 is 1.06 bits per heavy atom. The SMILES string of the molecule is C.Cc1ccc2ccccc2c1S(=O)(=O)O. The van der Waals surface area contributed by atoms with Crippen LogP contribution in [0.1, 0.15) is 13.0 Å². The number of fused-ring (bicyclic) bond motifs is 1. The molecular formula is C12H14O3S. The molecule has 0 spiro atoms. The predicted octanol–water partition coefficient (Wildman–Crippen LogP) is 3.03. The Labute approximate surface area is 95.5 Å². The Morgan fingerprint density at radius 3 is 2.31 bits per heavy atom. The second kappa shape index (κ2) is 4.23. The standard InChI is InChI=1S/C11H10O3S.CH4/c1-8-6-7-9-4-2-3-5-10(9)11(8)15(12,13)14;/h2-7H,1H3,(H,12,13,14);1H4. The molecule has 2 aromatic rings. The van der Waals surface area contributed by atoms with E-state index in [0.29, 0.717) is 10.9 Å². The van der Waals surface area contributed by atoms with E-state index in [1.54, 1.807) is 25.1 Å². The van der Waals surface area contributed by atoms with Crippen molar-refractivity contribution in [3.63, 3.8) is 0 Å². The highest BCUT2D eigenvalue weighted by atomic mass is 32.2. The number of benzene rings is 2.